The van der Waals surface area contributed by atoms with Crippen LogP contribution in [-0.4, -0.2) is 17.4 Å². The zero-order chi connectivity index (χ0) is 18.9. The summed E-state index contributed by atoms with van der Waals surface area (Å²) in [4.78, 5) is 16.6. The van der Waals surface area contributed by atoms with E-state index >= 15 is 0 Å². The van der Waals surface area contributed by atoms with Gasteiger partial charge in [-0.3, -0.25) is 4.79 Å². The van der Waals surface area contributed by atoms with E-state index in [4.69, 9.17) is 4.74 Å². The zero-order valence-corrected chi connectivity index (χ0v) is 15.3. The minimum Gasteiger partial charge on any atom is -0.455 e. The average molecular weight is 361 g/mol. The molecule has 0 aliphatic heterocycles. The van der Waals surface area contributed by atoms with Gasteiger partial charge in [-0.1, -0.05) is 43.7 Å². The number of amides is 1. The van der Waals surface area contributed by atoms with Gasteiger partial charge in [0.05, 0.1) is 5.69 Å². The number of unbranched alkanes of at least 4 members (excludes halogenated alkanes) is 1. The molecule has 0 saturated carbocycles. The van der Waals surface area contributed by atoms with Crippen LogP contribution in [0.1, 0.15) is 30.1 Å². The quantitative estimate of drug-likeness (QED) is 0.545. The van der Waals surface area contributed by atoms with Gasteiger partial charge in [0.25, 0.3) is 5.91 Å². The Morgan fingerprint density at radius 2 is 1.81 bits per heavy atom. The van der Waals surface area contributed by atoms with E-state index in [0.717, 1.165) is 24.3 Å². The fourth-order valence-electron chi connectivity index (χ4n) is 2.53. The minimum absolute atomic E-state index is 0.0947. The van der Waals surface area contributed by atoms with Gasteiger partial charge < -0.3 is 15.4 Å². The second-order valence-electron chi connectivity index (χ2n) is 6.08. The zero-order valence-electron chi connectivity index (χ0n) is 15.3. The molecule has 1 amide bonds. The maximum Gasteiger partial charge on any atom is 0.251 e. The third-order valence-electron chi connectivity index (χ3n) is 3.96. The van der Waals surface area contributed by atoms with E-state index in [1.807, 2.05) is 54.6 Å². The molecule has 0 atom stereocenters. The van der Waals surface area contributed by atoms with E-state index in [1.54, 1.807) is 18.3 Å². The summed E-state index contributed by atoms with van der Waals surface area (Å²) in [6.07, 6.45) is 3.63. The average Bonchev–Trinajstić information content (AvgIpc) is 2.71. The van der Waals surface area contributed by atoms with Crippen LogP contribution in [-0.2, 0) is 0 Å². The van der Waals surface area contributed by atoms with E-state index in [9.17, 15) is 4.79 Å². The molecule has 1 aromatic heterocycles. The van der Waals surface area contributed by atoms with Crippen LogP contribution in [0, 0.1) is 0 Å². The molecule has 0 radical (unpaired) electrons. The molecular weight excluding hydrogens is 338 g/mol. The highest BCUT2D eigenvalue weighted by atomic mass is 16.5. The maximum absolute atomic E-state index is 12.2. The van der Waals surface area contributed by atoms with Gasteiger partial charge in [0.2, 0.25) is 0 Å². The molecule has 2 N–H and O–H groups in total. The van der Waals surface area contributed by atoms with Crippen LogP contribution in [0.5, 0.6) is 11.5 Å². The van der Waals surface area contributed by atoms with Crippen LogP contribution in [0.15, 0.2) is 72.9 Å². The van der Waals surface area contributed by atoms with E-state index in [2.05, 4.69) is 22.5 Å². The third-order valence-corrected chi connectivity index (χ3v) is 3.96. The van der Waals surface area contributed by atoms with Gasteiger partial charge in [-0.25, -0.2) is 4.98 Å². The van der Waals surface area contributed by atoms with Crippen molar-refractivity contribution in [2.24, 2.45) is 0 Å². The van der Waals surface area contributed by atoms with Crippen molar-refractivity contribution in [2.75, 3.05) is 11.9 Å². The van der Waals surface area contributed by atoms with Gasteiger partial charge >= 0.3 is 0 Å². The molecular formula is C22H23N3O2. The molecule has 2 aromatic carbocycles. The molecule has 0 aliphatic carbocycles. The molecule has 3 rings (SSSR count). The van der Waals surface area contributed by atoms with Crippen molar-refractivity contribution in [3.8, 4) is 11.5 Å². The van der Waals surface area contributed by atoms with Crippen LogP contribution < -0.4 is 15.4 Å². The maximum atomic E-state index is 12.2. The highest BCUT2D eigenvalue weighted by Gasteiger charge is 2.09. The van der Waals surface area contributed by atoms with Gasteiger partial charge in [-0.05, 0) is 42.8 Å². The molecule has 138 valence electrons. The van der Waals surface area contributed by atoms with Gasteiger partial charge in [0.1, 0.15) is 11.6 Å². The smallest absolute Gasteiger partial charge is 0.251 e. The number of para-hydroxylation sites is 3. The molecule has 0 aliphatic rings. The second-order valence-corrected chi connectivity index (χ2v) is 6.08. The van der Waals surface area contributed by atoms with Crippen LogP contribution in [0.3, 0.4) is 0 Å². The van der Waals surface area contributed by atoms with Crippen molar-refractivity contribution in [1.29, 1.82) is 0 Å². The monoisotopic (exact) mass is 361 g/mol. The molecule has 27 heavy (non-hydrogen) atoms. The van der Waals surface area contributed by atoms with Crippen molar-refractivity contribution in [1.82, 2.24) is 10.3 Å². The molecule has 3 aromatic rings. The van der Waals surface area contributed by atoms with Crippen LogP contribution >= 0.6 is 0 Å². The number of carbonyl (C=O) groups is 1. The Labute approximate surface area is 159 Å². The Kier molecular flexibility index (Phi) is 6.41. The summed E-state index contributed by atoms with van der Waals surface area (Å²) in [5, 5.41) is 6.16. The summed E-state index contributed by atoms with van der Waals surface area (Å²) in [6.45, 7) is 2.77. The summed E-state index contributed by atoms with van der Waals surface area (Å²) in [5.41, 5.74) is 1.35. The van der Waals surface area contributed by atoms with Crippen LogP contribution in [0.2, 0.25) is 0 Å². The van der Waals surface area contributed by atoms with Crippen molar-refractivity contribution in [3.05, 3.63) is 78.5 Å². The first-order valence-electron chi connectivity index (χ1n) is 9.09. The predicted molar refractivity (Wildman–Crippen MR) is 108 cm³/mol. The fourth-order valence-corrected chi connectivity index (χ4v) is 2.53. The minimum atomic E-state index is -0.0947. The second kappa shape index (κ2) is 9.38. The van der Waals surface area contributed by atoms with Crippen LogP contribution in [0.4, 0.5) is 11.5 Å². The number of rotatable bonds is 8. The predicted octanol–water partition coefficient (Wildman–Crippen LogP) is 5.15. The van der Waals surface area contributed by atoms with E-state index in [1.165, 1.54) is 0 Å². The molecule has 0 fully saturated rings. The third kappa shape index (κ3) is 5.31. The molecule has 0 saturated heterocycles. The number of hydrogen-bond donors (Lipinski definition) is 2. The summed E-state index contributed by atoms with van der Waals surface area (Å²) in [7, 11) is 0. The van der Waals surface area contributed by atoms with Crippen molar-refractivity contribution in [2.45, 2.75) is 19.8 Å². The normalized spacial score (nSPS) is 10.3. The number of nitrogens with zero attached hydrogens (tertiary/aromatic N) is 1. The van der Waals surface area contributed by atoms with E-state index in [0.29, 0.717) is 23.7 Å². The number of aromatic nitrogens is 1. The lowest BCUT2D eigenvalue weighted by Gasteiger charge is -2.13. The van der Waals surface area contributed by atoms with Gasteiger partial charge in [-0.15, -0.1) is 0 Å². The number of nitrogens with one attached hydrogen (secondary N) is 2. The Hall–Kier alpha value is -3.34. The Morgan fingerprint density at radius 1 is 1.04 bits per heavy atom. The van der Waals surface area contributed by atoms with Gasteiger partial charge in [0.15, 0.2) is 5.75 Å². The van der Waals surface area contributed by atoms with Gasteiger partial charge in [0, 0.05) is 18.3 Å². The molecule has 1 heterocycles. The summed E-state index contributed by atoms with van der Waals surface area (Å²) >= 11 is 0. The number of ether oxygens (including phenoxy) is 1. The van der Waals surface area contributed by atoms with E-state index < -0.39 is 0 Å². The SMILES string of the molecule is CCCCNC(=O)c1ccnc(Nc2ccccc2Oc2ccccc2)c1. The van der Waals surface area contributed by atoms with Gasteiger partial charge in [-0.2, -0.15) is 0 Å². The fraction of sp³-hybridized carbons (Fsp3) is 0.182. The topological polar surface area (TPSA) is 63.2 Å². The standard InChI is InChI=1S/C22H23N3O2/c1-2-3-14-24-22(26)17-13-15-23-21(16-17)25-19-11-7-8-12-20(19)27-18-9-5-4-6-10-18/h4-13,15-16H,2-3,14H2,1H3,(H,23,25)(H,24,26). The largest absolute Gasteiger partial charge is 0.455 e. The number of anilines is 2. The molecule has 0 bridgehead atoms. The van der Waals surface area contributed by atoms with E-state index in [-0.39, 0.29) is 5.91 Å². The lowest BCUT2D eigenvalue weighted by molar-refractivity contribution is 0.0953. The number of hydrogen-bond acceptors (Lipinski definition) is 4. The molecule has 0 unspecified atom stereocenters. The first kappa shape index (κ1) is 18.5. The van der Waals surface area contributed by atoms with Crippen molar-refractivity contribution >= 4 is 17.4 Å². The summed E-state index contributed by atoms with van der Waals surface area (Å²) < 4.78 is 5.96. The van der Waals surface area contributed by atoms with Crippen molar-refractivity contribution in [3.63, 3.8) is 0 Å². The Bertz CT molecular complexity index is 881. The molecule has 5 nitrogen and oxygen atoms in total. The van der Waals surface area contributed by atoms with Crippen LogP contribution in [0.25, 0.3) is 0 Å². The summed E-state index contributed by atoms with van der Waals surface area (Å²) in [6, 6.07) is 20.7. The number of pyridine rings is 1. The number of benzene rings is 2. The van der Waals surface area contributed by atoms with Crippen molar-refractivity contribution < 1.29 is 9.53 Å². The first-order chi connectivity index (χ1) is 13.3. The molecule has 5 heteroatoms. The highest BCUT2D eigenvalue weighted by molar-refractivity contribution is 5.94. The summed E-state index contributed by atoms with van der Waals surface area (Å²) in [5.74, 6) is 1.93. The highest BCUT2D eigenvalue weighted by Crippen LogP contribution is 2.31. The lowest BCUT2D eigenvalue weighted by atomic mass is 10.2. The Morgan fingerprint density at radius 3 is 2.63 bits per heavy atom. The Balaban J connectivity index is 1.74. The lowest BCUT2D eigenvalue weighted by Crippen LogP contribution is -2.24. The number of carbonyl (C=O) groups excluding carboxylic acids is 1. The molecule has 0 spiro atoms. The first-order valence-corrected chi connectivity index (χ1v) is 9.09.